The quantitative estimate of drug-likeness (QED) is 0.101. The van der Waals surface area contributed by atoms with E-state index in [9.17, 15) is 0 Å². The summed E-state index contributed by atoms with van der Waals surface area (Å²) in [6, 6.07) is 147. The van der Waals surface area contributed by atoms with Crippen LogP contribution in [0.1, 0.15) is 22.8 Å². The van der Waals surface area contributed by atoms with Gasteiger partial charge in [0.1, 0.15) is 17.3 Å². The van der Waals surface area contributed by atoms with Crippen molar-refractivity contribution in [1.82, 2.24) is 57.8 Å². The molecule has 0 saturated carbocycles. The van der Waals surface area contributed by atoms with Gasteiger partial charge in [0.05, 0.1) is 17.1 Å². The Morgan fingerprint density at radius 3 is 1.35 bits per heavy atom. The van der Waals surface area contributed by atoms with Crippen molar-refractivity contribution in [2.45, 2.75) is 27.7 Å². The third kappa shape index (κ3) is 17.9. The minimum Gasteiger partial charge on any atom is -0.513 e. The number of anilines is 12. The predicted octanol–water partition coefficient (Wildman–Crippen LogP) is 27.7. The first-order valence-electron chi connectivity index (χ1n) is 47.1. The fourth-order valence-corrected chi connectivity index (χ4v) is 19.8. The molecule has 0 aliphatic carbocycles. The molecule has 0 saturated heterocycles. The Balaban J connectivity index is 0.000000114. The molecule has 21 nitrogen and oxygen atoms in total. The predicted molar refractivity (Wildman–Crippen MR) is 571 cm³/mol. The molecule has 15 aromatic carbocycles. The van der Waals surface area contributed by atoms with Gasteiger partial charge in [0.25, 0.3) is 0 Å². The molecule has 0 atom stereocenters. The van der Waals surface area contributed by atoms with Crippen molar-refractivity contribution in [3.8, 4) is 68.5 Å². The normalized spacial score (nSPS) is 12.5. The average molecular weight is 2630 g/mol. The molecule has 0 bridgehead atoms. The van der Waals surface area contributed by atoms with Crippen molar-refractivity contribution in [3.05, 3.63) is 468 Å². The number of pyridine rings is 3. The summed E-state index contributed by atoms with van der Waals surface area (Å²) in [5.74, 6) is 3.59. The third-order valence-electron chi connectivity index (χ3n) is 26.2. The van der Waals surface area contributed by atoms with E-state index in [4.69, 9.17) is 14.6 Å². The third-order valence-corrected chi connectivity index (χ3v) is 26.2. The second-order valence-corrected chi connectivity index (χ2v) is 35.4. The maximum atomic E-state index is 6.27. The second-order valence-electron chi connectivity index (χ2n) is 35.4. The van der Waals surface area contributed by atoms with Crippen molar-refractivity contribution in [3.63, 3.8) is 0 Å². The molecule has 24 aromatic rings. The molecule has 28 rings (SSSR count). The number of aryl methyl sites for hydroxylation is 4. The van der Waals surface area contributed by atoms with Gasteiger partial charge in [0, 0.05) is 168 Å². The van der Waals surface area contributed by atoms with E-state index in [1.807, 2.05) is 181 Å². The molecular formula is C122H86N19O2Pt4-9. The summed E-state index contributed by atoms with van der Waals surface area (Å²) in [5.41, 5.74) is 31.1. The van der Waals surface area contributed by atoms with Crippen LogP contribution in [0.2, 0.25) is 0 Å². The monoisotopic (exact) mass is 2630 g/mol. The van der Waals surface area contributed by atoms with Gasteiger partial charge in [-0.1, -0.05) is 173 Å². The van der Waals surface area contributed by atoms with E-state index in [1.165, 1.54) is 32.9 Å². The van der Waals surface area contributed by atoms with Gasteiger partial charge < -0.3 is 72.0 Å². The van der Waals surface area contributed by atoms with E-state index in [2.05, 4.69) is 394 Å². The van der Waals surface area contributed by atoms with Crippen LogP contribution >= 0.6 is 0 Å². The molecule has 9 aromatic heterocycles. The zero-order valence-electron chi connectivity index (χ0n) is 80.1. The van der Waals surface area contributed by atoms with E-state index in [0.717, 1.165) is 186 Å². The van der Waals surface area contributed by atoms with E-state index in [1.54, 1.807) is 6.20 Å². The Labute approximate surface area is 908 Å². The van der Waals surface area contributed by atoms with Crippen LogP contribution in [0.4, 0.5) is 68.4 Å². The number of fused-ring (bicyclic) bond motifs is 15. The van der Waals surface area contributed by atoms with Crippen LogP contribution in [0.5, 0.6) is 23.1 Å². The van der Waals surface area contributed by atoms with Gasteiger partial charge in [0.2, 0.25) is 5.88 Å². The average Bonchev–Trinajstić information content (AvgIpc) is 1.29. The fraction of sp³-hybridized carbons (Fsp3) is 0.0574. The molecule has 0 N–H and O–H groups in total. The Morgan fingerprint density at radius 1 is 0.320 bits per heavy atom. The Hall–Kier alpha value is -16.0. The van der Waals surface area contributed by atoms with Crippen molar-refractivity contribution in [2.75, 3.05) is 55.4 Å². The van der Waals surface area contributed by atoms with Crippen molar-refractivity contribution in [2.24, 2.45) is 0 Å². The number of aromatic nitrogens is 12. The Bertz CT molecular complexity index is 9070. The summed E-state index contributed by atoms with van der Waals surface area (Å²) in [4.78, 5) is 32.8. The standard InChI is InChI=1S/2C31H24N5.C30H20N5.C30H18N4O2.4Pt/c1-21-17-22(2)36(32-21)25-10-8-9-24(18-25)35-28-12-5-4-11-26(28)27-16-15-23(19-31(27)35)34-20-33(3)29-13-6-7-14-30(29)34;1-21-17-22(2)36(32-21)25-15-16-27-26-11-4-5-12-28(26)35(31(27)19-25)24-10-8-9-23(18-24)34-20-33(3)29-13-6-7-14-30(29)34;1-33-20-34(30-28(33)13-7-17-32-30)22-14-15-25-24-10-2-3-12-27(24)35(29(25)19-22)23-9-6-8-21(18-23)26-11-4-5-16-31-26;1-2-11-25-24(10-1)32-20-33(25)21-15-16-29-27(19-21)34(26-12-3-4-13-28(26)36-29)22-8-7-9-23(18-22)35-30-14-5-6-17-31-30;;;;/h2*4-17,20H,1-3H3;2-17,20H,1H3;1-18H;;;;/q3*-3;-2;;;;+2. The first-order valence-corrected chi connectivity index (χ1v) is 47.1. The summed E-state index contributed by atoms with van der Waals surface area (Å²) in [5, 5.41) is 16.4. The van der Waals surface area contributed by atoms with Gasteiger partial charge in [-0.2, -0.15) is 78.4 Å². The number of hydrogen-bond donors (Lipinski definition) is 0. The zero-order valence-corrected chi connectivity index (χ0v) is 89.2. The Kier molecular flexibility index (Phi) is 27.0. The molecule has 0 spiro atoms. The van der Waals surface area contributed by atoms with Gasteiger partial charge in [-0.25, -0.2) is 9.97 Å². The minimum absolute atomic E-state index is 0. The number of imidazole rings is 1. The summed E-state index contributed by atoms with van der Waals surface area (Å²) in [6.07, 6.45) is 8.44. The largest absolute Gasteiger partial charge is 2.00 e. The Morgan fingerprint density at radius 2 is 0.769 bits per heavy atom. The van der Waals surface area contributed by atoms with Crippen molar-refractivity contribution >= 4 is 145 Å². The number of nitrogens with zero attached hydrogens (tertiary/aromatic N) is 19. The van der Waals surface area contributed by atoms with Crippen molar-refractivity contribution < 1.29 is 93.7 Å². The number of ether oxygens (including phenoxy) is 2. The molecule has 4 aliphatic heterocycles. The topological polar surface area (TPSA) is 148 Å². The first-order chi connectivity index (χ1) is 70.3. The van der Waals surface area contributed by atoms with Gasteiger partial charge in [0.15, 0.2) is 0 Å². The van der Waals surface area contributed by atoms with Crippen molar-refractivity contribution in [1.29, 1.82) is 0 Å². The summed E-state index contributed by atoms with van der Waals surface area (Å²) >= 11 is 0. The van der Waals surface area contributed by atoms with Crippen LogP contribution < -0.4 is 43.8 Å². The van der Waals surface area contributed by atoms with E-state index in [0.29, 0.717) is 17.4 Å². The summed E-state index contributed by atoms with van der Waals surface area (Å²) < 4.78 is 24.9. The van der Waals surface area contributed by atoms with E-state index < -0.39 is 0 Å². The summed E-state index contributed by atoms with van der Waals surface area (Å²) in [7, 11) is 6.19. The number of hydrogen-bond acceptors (Lipinski definition) is 15. The maximum Gasteiger partial charge on any atom is 2.00 e. The second kappa shape index (κ2) is 40.9. The molecule has 13 heterocycles. The van der Waals surface area contributed by atoms with Crippen LogP contribution in [0, 0.1) is 96.5 Å². The molecule has 0 unspecified atom stereocenters. The van der Waals surface area contributed by atoms with Gasteiger partial charge in [-0.3, -0.25) is 9.36 Å². The number of benzene rings is 15. The zero-order chi connectivity index (χ0) is 96.0. The molecule has 0 radical (unpaired) electrons. The van der Waals surface area contributed by atoms with E-state index in [-0.39, 0.29) is 84.3 Å². The summed E-state index contributed by atoms with van der Waals surface area (Å²) in [6.45, 7) is 14.5. The fourth-order valence-electron chi connectivity index (χ4n) is 19.8. The van der Waals surface area contributed by atoms with Gasteiger partial charge >= 0.3 is 21.1 Å². The SMILES string of the molecule is CN1[CH-]N(c2[c-]c3c(cc2)c2ccccc2n3-c2[c-]c(-c3ccccn3)ccc2)c2ncccc21.Cc1cc(C)n(-c2[c-]c(-n3c4[c-]c(N5[CH-]N(C)c6ccccc65)ccc4c4ccccc43)ccc2)n1.Cc1cc(C)n(-c2[c-]c3c(cc2)c2ccccc2n3-c2[c-]c(N3[CH-]N(C)c4ccccc43)ccc2)n1.[Pt+2].[Pt].[Pt].[Pt].[c-]1c(-n2[c-]nc3ccccc32)ccc2c1N(c1cccc(Oc3ccccn3)c1)c1ccccc1O2. The van der Waals surface area contributed by atoms with Crippen LogP contribution in [0.3, 0.4) is 0 Å². The number of rotatable bonds is 13. The van der Waals surface area contributed by atoms with E-state index >= 15 is 0 Å². The molecule has 4 aliphatic rings. The van der Waals surface area contributed by atoms with Crippen LogP contribution in [0.15, 0.2) is 377 Å². The smallest absolute Gasteiger partial charge is 0.513 e. The number of para-hydroxylation sites is 11. The molecule has 25 heteroatoms. The molecule has 147 heavy (non-hydrogen) atoms. The first kappa shape index (κ1) is 97.1. The van der Waals surface area contributed by atoms with Gasteiger partial charge in [-0.05, 0) is 202 Å². The molecule has 730 valence electrons. The maximum absolute atomic E-state index is 6.27. The van der Waals surface area contributed by atoms with Crippen LogP contribution in [0.25, 0.3) is 122 Å². The molecule has 0 fully saturated rings. The molecular weight excluding hydrogens is 2540 g/mol. The van der Waals surface area contributed by atoms with Crippen LogP contribution in [-0.4, -0.2) is 78.9 Å². The van der Waals surface area contributed by atoms with Crippen LogP contribution in [-0.2, 0) is 84.3 Å². The molecule has 0 amide bonds. The minimum atomic E-state index is 0. The van der Waals surface area contributed by atoms with Gasteiger partial charge in [-0.15, -0.1) is 142 Å².